The lowest BCUT2D eigenvalue weighted by Crippen LogP contribution is -2.28. The van der Waals surface area contributed by atoms with Gasteiger partial charge >= 0.3 is 0 Å². The van der Waals surface area contributed by atoms with E-state index in [0.29, 0.717) is 17.9 Å². The third-order valence-electron chi connectivity index (χ3n) is 5.41. The van der Waals surface area contributed by atoms with Crippen LogP contribution in [0, 0.1) is 5.92 Å². The van der Waals surface area contributed by atoms with Crippen molar-refractivity contribution in [2.45, 2.75) is 18.4 Å². The highest BCUT2D eigenvalue weighted by molar-refractivity contribution is 7.11. The van der Waals surface area contributed by atoms with E-state index in [1.54, 1.807) is 11.3 Å². The monoisotopic (exact) mass is 356 g/mol. The van der Waals surface area contributed by atoms with Gasteiger partial charge in [-0.2, -0.15) is 0 Å². The Bertz CT molecular complexity index is 954. The minimum Gasteiger partial charge on any atom is -0.378 e. The van der Waals surface area contributed by atoms with Gasteiger partial charge < -0.3 is 5.32 Å². The summed E-state index contributed by atoms with van der Waals surface area (Å²) in [7, 11) is 0. The Hall–Kier alpha value is -2.65. The first-order valence-corrected chi connectivity index (χ1v) is 9.96. The lowest BCUT2D eigenvalue weighted by Gasteiger charge is -2.37. The predicted molar refractivity (Wildman–Crippen MR) is 111 cm³/mol. The molecule has 0 spiro atoms. The Balaban J connectivity index is 1.41. The number of hydrogen-bond donors (Lipinski definition) is 1. The first kappa shape index (κ1) is 15.6. The number of fused-ring (bicyclic) bond motifs is 3. The molecule has 3 aromatic rings. The van der Waals surface area contributed by atoms with Gasteiger partial charge in [-0.15, -0.1) is 11.3 Å². The summed E-state index contributed by atoms with van der Waals surface area (Å²) in [6.07, 6.45) is 7.80. The largest absolute Gasteiger partial charge is 0.378 e. The molecule has 26 heavy (non-hydrogen) atoms. The number of anilines is 1. The SMILES string of the molecule is C1=C[C@@H]2c3ccccc3N[C@H](c3ccc(N=Cc4cccs4)cc3)[C@H]2C1. The van der Waals surface area contributed by atoms with Crippen LogP contribution in [0.1, 0.15) is 34.4 Å². The molecule has 0 amide bonds. The highest BCUT2D eigenvalue weighted by Crippen LogP contribution is 2.49. The van der Waals surface area contributed by atoms with E-state index in [2.05, 4.69) is 82.4 Å². The lowest BCUT2D eigenvalue weighted by atomic mass is 9.77. The van der Waals surface area contributed by atoms with Crippen molar-refractivity contribution < 1.29 is 0 Å². The molecular formula is C23H20N2S. The number of aliphatic imine (C=N–C) groups is 1. The molecule has 5 rings (SSSR count). The van der Waals surface area contributed by atoms with Gasteiger partial charge in [0, 0.05) is 22.7 Å². The predicted octanol–water partition coefficient (Wildman–Crippen LogP) is 6.33. The number of para-hydroxylation sites is 1. The van der Waals surface area contributed by atoms with Crippen LogP contribution < -0.4 is 5.32 Å². The number of benzene rings is 2. The third-order valence-corrected chi connectivity index (χ3v) is 6.22. The minimum absolute atomic E-state index is 0.347. The fourth-order valence-corrected chi connectivity index (χ4v) is 4.73. The Kier molecular flexibility index (Phi) is 3.95. The van der Waals surface area contributed by atoms with Crippen LogP contribution in [0.5, 0.6) is 0 Å². The van der Waals surface area contributed by atoms with Crippen molar-refractivity contribution in [2.75, 3.05) is 5.32 Å². The zero-order chi connectivity index (χ0) is 17.3. The Morgan fingerprint density at radius 2 is 1.88 bits per heavy atom. The average Bonchev–Trinajstić information content (AvgIpc) is 3.38. The summed E-state index contributed by atoms with van der Waals surface area (Å²) in [5.41, 5.74) is 5.04. The molecule has 0 fully saturated rings. The second-order valence-corrected chi connectivity index (χ2v) is 7.91. The van der Waals surface area contributed by atoms with Crippen molar-refractivity contribution in [3.63, 3.8) is 0 Å². The van der Waals surface area contributed by atoms with E-state index in [4.69, 9.17) is 0 Å². The van der Waals surface area contributed by atoms with E-state index in [1.165, 1.54) is 21.7 Å². The number of allylic oxidation sites excluding steroid dienone is 2. The highest BCUT2D eigenvalue weighted by atomic mass is 32.1. The maximum absolute atomic E-state index is 4.59. The van der Waals surface area contributed by atoms with E-state index in [0.717, 1.165) is 12.1 Å². The van der Waals surface area contributed by atoms with Crippen LogP contribution in [-0.4, -0.2) is 6.21 Å². The molecule has 1 N–H and O–H groups in total. The second-order valence-electron chi connectivity index (χ2n) is 6.93. The van der Waals surface area contributed by atoms with E-state index < -0.39 is 0 Å². The van der Waals surface area contributed by atoms with Crippen molar-refractivity contribution in [1.82, 2.24) is 0 Å². The molecule has 0 bridgehead atoms. The maximum atomic E-state index is 4.59. The van der Waals surface area contributed by atoms with Crippen molar-refractivity contribution >= 4 is 28.9 Å². The van der Waals surface area contributed by atoms with Crippen molar-refractivity contribution in [1.29, 1.82) is 0 Å². The summed E-state index contributed by atoms with van der Waals surface area (Å²) in [5.74, 6) is 1.11. The number of nitrogens with zero attached hydrogens (tertiary/aromatic N) is 1. The minimum atomic E-state index is 0.347. The topological polar surface area (TPSA) is 24.4 Å². The molecule has 3 atom stereocenters. The second kappa shape index (κ2) is 6.58. The number of hydrogen-bond acceptors (Lipinski definition) is 3. The van der Waals surface area contributed by atoms with Gasteiger partial charge in [0.1, 0.15) is 0 Å². The normalized spacial score (nSPS) is 23.6. The summed E-state index contributed by atoms with van der Waals surface area (Å²) >= 11 is 1.71. The molecule has 0 unspecified atom stereocenters. The fourth-order valence-electron chi connectivity index (χ4n) is 4.14. The molecule has 128 valence electrons. The van der Waals surface area contributed by atoms with E-state index in [-0.39, 0.29) is 0 Å². The molecular weight excluding hydrogens is 336 g/mol. The molecule has 1 aliphatic carbocycles. The molecule has 2 nitrogen and oxygen atoms in total. The van der Waals surface area contributed by atoms with Gasteiger partial charge in [-0.25, -0.2) is 0 Å². The van der Waals surface area contributed by atoms with Crippen molar-refractivity contribution in [3.05, 3.63) is 94.2 Å². The van der Waals surface area contributed by atoms with Gasteiger partial charge in [0.2, 0.25) is 0 Å². The third kappa shape index (κ3) is 2.78. The molecule has 1 aromatic heterocycles. The van der Waals surface area contributed by atoms with Crippen LogP contribution in [0.4, 0.5) is 11.4 Å². The van der Waals surface area contributed by atoms with Crippen molar-refractivity contribution in [2.24, 2.45) is 10.9 Å². The summed E-state index contributed by atoms with van der Waals surface area (Å²) in [4.78, 5) is 5.77. The van der Waals surface area contributed by atoms with Gasteiger partial charge in [0.15, 0.2) is 0 Å². The smallest absolute Gasteiger partial charge is 0.0630 e. The standard InChI is InChI=1S/C23H20N2S/c1-2-9-22-20(6-1)19-7-3-8-21(19)23(25-22)16-10-12-17(13-11-16)24-15-18-5-4-14-26-18/h1-7,9-15,19,21,23,25H,8H2/t19-,21+,23-/m1/s1. The summed E-state index contributed by atoms with van der Waals surface area (Å²) in [5, 5.41) is 5.85. The number of rotatable bonds is 3. The van der Waals surface area contributed by atoms with E-state index >= 15 is 0 Å². The Labute approximate surface area is 157 Å². The molecule has 0 radical (unpaired) electrons. The average molecular weight is 356 g/mol. The van der Waals surface area contributed by atoms with Gasteiger partial charge in [-0.05, 0) is 53.1 Å². The lowest BCUT2D eigenvalue weighted by molar-refractivity contribution is 0.425. The summed E-state index contributed by atoms with van der Waals surface area (Å²) in [6.45, 7) is 0. The molecule has 2 aromatic carbocycles. The molecule has 1 aliphatic heterocycles. The van der Waals surface area contributed by atoms with Crippen molar-refractivity contribution in [3.8, 4) is 0 Å². The van der Waals surface area contributed by atoms with Gasteiger partial charge in [0.05, 0.1) is 11.7 Å². The first-order chi connectivity index (χ1) is 12.9. The van der Waals surface area contributed by atoms with Gasteiger partial charge in [-0.1, -0.05) is 48.6 Å². The van der Waals surface area contributed by atoms with Crippen LogP contribution >= 0.6 is 11.3 Å². The molecule has 0 saturated heterocycles. The quantitative estimate of drug-likeness (QED) is 0.431. The van der Waals surface area contributed by atoms with E-state index in [9.17, 15) is 0 Å². The van der Waals surface area contributed by atoms with E-state index in [1.807, 2.05) is 12.3 Å². The maximum Gasteiger partial charge on any atom is 0.0630 e. The fraction of sp³-hybridized carbons (Fsp3) is 0.174. The molecule has 3 heteroatoms. The van der Waals surface area contributed by atoms with Crippen LogP contribution in [-0.2, 0) is 0 Å². The molecule has 2 heterocycles. The summed E-state index contributed by atoms with van der Waals surface area (Å²) in [6, 6.07) is 21.9. The first-order valence-electron chi connectivity index (χ1n) is 9.08. The highest BCUT2D eigenvalue weighted by Gasteiger charge is 2.37. The van der Waals surface area contributed by atoms with Gasteiger partial charge in [-0.3, -0.25) is 4.99 Å². The van der Waals surface area contributed by atoms with Crippen LogP contribution in [0.2, 0.25) is 0 Å². The Morgan fingerprint density at radius 1 is 1.00 bits per heavy atom. The van der Waals surface area contributed by atoms with Crippen LogP contribution in [0.25, 0.3) is 0 Å². The Morgan fingerprint density at radius 3 is 2.73 bits per heavy atom. The van der Waals surface area contributed by atoms with Crippen LogP contribution in [0.3, 0.4) is 0 Å². The zero-order valence-electron chi connectivity index (χ0n) is 14.4. The molecule has 2 aliphatic rings. The summed E-state index contributed by atoms with van der Waals surface area (Å²) < 4.78 is 0. The number of nitrogens with one attached hydrogen (secondary N) is 1. The van der Waals surface area contributed by atoms with Gasteiger partial charge in [0.25, 0.3) is 0 Å². The number of thiophene rings is 1. The van der Waals surface area contributed by atoms with Crippen LogP contribution in [0.15, 0.2) is 83.2 Å². The molecule has 0 saturated carbocycles. The zero-order valence-corrected chi connectivity index (χ0v) is 15.2.